The third-order valence-electron chi connectivity index (χ3n) is 3.99. The molecule has 116 valence electrons. The minimum Gasteiger partial charge on any atom is -0.372 e. The van der Waals surface area contributed by atoms with Crippen LogP contribution in [-0.4, -0.2) is 34.2 Å². The highest BCUT2D eigenvalue weighted by atomic mass is 16.2. The summed E-state index contributed by atoms with van der Waals surface area (Å²) < 4.78 is 0. The molecular weight excluding hydrogens is 282 g/mol. The molecule has 2 heterocycles. The number of piperidine rings is 1. The Bertz CT molecular complexity index is 695. The van der Waals surface area contributed by atoms with E-state index in [4.69, 9.17) is 0 Å². The maximum absolute atomic E-state index is 11.9. The average molecular weight is 301 g/mol. The van der Waals surface area contributed by atoms with Gasteiger partial charge in [0.25, 0.3) is 5.91 Å². The standard InChI is InChI=1S/C15H19N5O2/c1-10-6-8-20(9-7-10)12-4-2-11(3-5-12)16-14(21)13-17-15(22)19-18-13/h2-5,10H,6-9H2,1H3,(H,16,21)(H2,17,18,19,22). The molecule has 3 N–H and O–H groups in total. The Morgan fingerprint density at radius 2 is 1.95 bits per heavy atom. The molecule has 0 atom stereocenters. The van der Waals surface area contributed by atoms with Crippen LogP contribution in [0.5, 0.6) is 0 Å². The molecule has 1 saturated heterocycles. The first-order valence-electron chi connectivity index (χ1n) is 7.43. The zero-order valence-electron chi connectivity index (χ0n) is 12.4. The number of carbonyl (C=O) groups excluding carboxylic acids is 1. The molecule has 1 aromatic heterocycles. The van der Waals surface area contributed by atoms with Crippen molar-refractivity contribution >= 4 is 17.3 Å². The van der Waals surface area contributed by atoms with Crippen LogP contribution in [0.1, 0.15) is 30.4 Å². The molecule has 7 heteroatoms. The van der Waals surface area contributed by atoms with Gasteiger partial charge >= 0.3 is 5.69 Å². The fourth-order valence-electron chi connectivity index (χ4n) is 2.59. The van der Waals surface area contributed by atoms with Gasteiger partial charge in [-0.2, -0.15) is 0 Å². The summed E-state index contributed by atoms with van der Waals surface area (Å²) in [5.74, 6) is 0.322. The van der Waals surface area contributed by atoms with E-state index in [1.165, 1.54) is 12.8 Å². The Morgan fingerprint density at radius 1 is 1.27 bits per heavy atom. The van der Waals surface area contributed by atoms with Crippen molar-refractivity contribution in [1.82, 2.24) is 15.2 Å². The van der Waals surface area contributed by atoms with Crippen LogP contribution in [0.3, 0.4) is 0 Å². The summed E-state index contributed by atoms with van der Waals surface area (Å²) in [6.07, 6.45) is 2.43. The third kappa shape index (κ3) is 3.19. The van der Waals surface area contributed by atoms with Gasteiger partial charge in [0.2, 0.25) is 5.82 Å². The average Bonchev–Trinajstić information content (AvgIpc) is 2.96. The highest BCUT2D eigenvalue weighted by molar-refractivity contribution is 6.01. The minimum absolute atomic E-state index is 0.0286. The van der Waals surface area contributed by atoms with Crippen LogP contribution >= 0.6 is 0 Å². The van der Waals surface area contributed by atoms with Crippen LogP contribution in [0.15, 0.2) is 29.1 Å². The summed E-state index contributed by atoms with van der Waals surface area (Å²) >= 11 is 0. The number of hydrogen-bond donors (Lipinski definition) is 3. The van der Waals surface area contributed by atoms with Gasteiger partial charge in [0.1, 0.15) is 0 Å². The molecule has 0 saturated carbocycles. The first kappa shape index (κ1) is 14.4. The molecule has 3 rings (SSSR count). The number of rotatable bonds is 3. The van der Waals surface area contributed by atoms with Crippen molar-refractivity contribution in [2.24, 2.45) is 5.92 Å². The summed E-state index contributed by atoms with van der Waals surface area (Å²) in [5, 5.41) is 8.46. The predicted octanol–water partition coefficient (Wildman–Crippen LogP) is 1.59. The van der Waals surface area contributed by atoms with Crippen molar-refractivity contribution in [3.05, 3.63) is 40.6 Å². The quantitative estimate of drug-likeness (QED) is 0.802. The second kappa shape index (κ2) is 6.05. The summed E-state index contributed by atoms with van der Waals surface area (Å²) in [6, 6.07) is 7.71. The molecule has 1 amide bonds. The van der Waals surface area contributed by atoms with E-state index in [1.54, 1.807) is 0 Å². The number of carbonyl (C=O) groups is 1. The van der Waals surface area contributed by atoms with Crippen molar-refractivity contribution in [3.8, 4) is 0 Å². The fourth-order valence-corrected chi connectivity index (χ4v) is 2.59. The molecule has 1 aliphatic heterocycles. The van der Waals surface area contributed by atoms with E-state index in [2.05, 4.69) is 32.3 Å². The first-order chi connectivity index (χ1) is 10.6. The molecule has 1 aliphatic rings. The van der Waals surface area contributed by atoms with E-state index in [0.29, 0.717) is 5.69 Å². The van der Waals surface area contributed by atoms with Gasteiger partial charge in [-0.05, 0) is 43.0 Å². The van der Waals surface area contributed by atoms with Crippen molar-refractivity contribution in [2.75, 3.05) is 23.3 Å². The molecule has 0 unspecified atom stereocenters. The molecule has 0 bridgehead atoms. The van der Waals surface area contributed by atoms with E-state index in [0.717, 1.165) is 24.7 Å². The van der Waals surface area contributed by atoms with E-state index in [1.807, 2.05) is 24.3 Å². The largest absolute Gasteiger partial charge is 0.372 e. The molecule has 0 aliphatic carbocycles. The van der Waals surface area contributed by atoms with Gasteiger partial charge in [0.05, 0.1) is 0 Å². The van der Waals surface area contributed by atoms with Crippen LogP contribution in [0.25, 0.3) is 0 Å². The number of anilines is 2. The van der Waals surface area contributed by atoms with Crippen molar-refractivity contribution in [2.45, 2.75) is 19.8 Å². The number of nitrogens with zero attached hydrogens (tertiary/aromatic N) is 2. The number of aromatic nitrogens is 3. The SMILES string of the molecule is CC1CCN(c2ccc(NC(=O)c3n[nH]c(=O)[nH]3)cc2)CC1. The maximum atomic E-state index is 11.9. The van der Waals surface area contributed by atoms with Gasteiger partial charge in [-0.15, -0.1) is 5.10 Å². The zero-order chi connectivity index (χ0) is 15.5. The van der Waals surface area contributed by atoms with Gasteiger partial charge in [-0.25, -0.2) is 9.89 Å². The Balaban J connectivity index is 1.64. The number of nitrogens with one attached hydrogen (secondary N) is 3. The van der Waals surface area contributed by atoms with E-state index in [-0.39, 0.29) is 5.82 Å². The normalized spacial score (nSPS) is 15.8. The van der Waals surface area contributed by atoms with Gasteiger partial charge in [0.15, 0.2) is 0 Å². The maximum Gasteiger partial charge on any atom is 0.341 e. The lowest BCUT2D eigenvalue weighted by atomic mass is 9.99. The van der Waals surface area contributed by atoms with Gasteiger partial charge in [-0.3, -0.25) is 9.78 Å². The molecule has 0 radical (unpaired) electrons. The first-order valence-corrected chi connectivity index (χ1v) is 7.43. The zero-order valence-corrected chi connectivity index (χ0v) is 12.4. The Morgan fingerprint density at radius 3 is 2.55 bits per heavy atom. The molecular formula is C15H19N5O2. The van der Waals surface area contributed by atoms with Crippen LogP contribution in [-0.2, 0) is 0 Å². The predicted molar refractivity (Wildman–Crippen MR) is 84.2 cm³/mol. The lowest BCUT2D eigenvalue weighted by molar-refractivity contribution is 0.101. The molecule has 22 heavy (non-hydrogen) atoms. The molecule has 0 spiro atoms. The Kier molecular flexibility index (Phi) is 3.95. The number of aromatic amines is 2. The summed E-state index contributed by atoms with van der Waals surface area (Å²) in [5.41, 5.74) is 1.33. The van der Waals surface area contributed by atoms with Gasteiger partial charge in [-0.1, -0.05) is 6.92 Å². The molecule has 1 aromatic carbocycles. The van der Waals surface area contributed by atoms with Crippen molar-refractivity contribution < 1.29 is 4.79 Å². The number of hydrogen-bond acceptors (Lipinski definition) is 4. The highest BCUT2D eigenvalue weighted by Gasteiger charge is 2.16. The molecule has 1 fully saturated rings. The summed E-state index contributed by atoms with van der Waals surface area (Å²) in [4.78, 5) is 27.5. The topological polar surface area (TPSA) is 93.9 Å². The van der Waals surface area contributed by atoms with Crippen molar-refractivity contribution in [1.29, 1.82) is 0 Å². The second-order valence-electron chi connectivity index (χ2n) is 5.70. The van der Waals surface area contributed by atoms with E-state index >= 15 is 0 Å². The summed E-state index contributed by atoms with van der Waals surface area (Å²) in [6.45, 7) is 4.43. The van der Waals surface area contributed by atoms with Crippen molar-refractivity contribution in [3.63, 3.8) is 0 Å². The van der Waals surface area contributed by atoms with Crippen LogP contribution in [0, 0.1) is 5.92 Å². The second-order valence-corrected chi connectivity index (χ2v) is 5.70. The highest BCUT2D eigenvalue weighted by Crippen LogP contribution is 2.24. The van der Waals surface area contributed by atoms with Gasteiger partial charge in [0, 0.05) is 24.5 Å². The van der Waals surface area contributed by atoms with E-state index in [9.17, 15) is 9.59 Å². The minimum atomic E-state index is -0.500. The molecule has 7 nitrogen and oxygen atoms in total. The Hall–Kier alpha value is -2.57. The van der Waals surface area contributed by atoms with Gasteiger partial charge < -0.3 is 10.2 Å². The number of H-pyrrole nitrogens is 2. The summed E-state index contributed by atoms with van der Waals surface area (Å²) in [7, 11) is 0. The smallest absolute Gasteiger partial charge is 0.341 e. The van der Waals surface area contributed by atoms with Crippen LogP contribution in [0.4, 0.5) is 11.4 Å². The lowest BCUT2D eigenvalue weighted by Crippen LogP contribution is -2.32. The number of amides is 1. The Labute approximate surface area is 127 Å². The van der Waals surface area contributed by atoms with E-state index < -0.39 is 11.6 Å². The van der Waals surface area contributed by atoms with Crippen LogP contribution < -0.4 is 15.9 Å². The molecule has 2 aromatic rings. The monoisotopic (exact) mass is 301 g/mol. The van der Waals surface area contributed by atoms with Crippen LogP contribution in [0.2, 0.25) is 0 Å². The third-order valence-corrected chi connectivity index (χ3v) is 3.99. The lowest BCUT2D eigenvalue weighted by Gasteiger charge is -2.32. The fraction of sp³-hybridized carbons (Fsp3) is 0.400. The number of benzene rings is 1.